The van der Waals surface area contributed by atoms with Crippen LogP contribution < -0.4 is 4.74 Å². The van der Waals surface area contributed by atoms with Crippen molar-refractivity contribution in [1.82, 2.24) is 24.5 Å². The standard InChI is InChI=1S/C16H18ClN5O3/c1-16(2,3)25-15(23)22-10-7-18-14(17)13(24-5)11(10)12(20-22)9-6-19-21(4)8-9/h6-8H,1-5H3. The highest BCUT2D eigenvalue weighted by Crippen LogP contribution is 2.38. The number of methoxy groups -OCH3 is 1. The Labute approximate surface area is 149 Å². The number of carbonyl (C=O) groups is 1. The molecule has 0 saturated carbocycles. The van der Waals surface area contributed by atoms with Gasteiger partial charge in [0.15, 0.2) is 10.9 Å². The van der Waals surface area contributed by atoms with E-state index in [4.69, 9.17) is 21.1 Å². The molecule has 3 aromatic heterocycles. The van der Waals surface area contributed by atoms with E-state index in [0.717, 1.165) is 10.2 Å². The van der Waals surface area contributed by atoms with E-state index in [-0.39, 0.29) is 5.15 Å². The van der Waals surface area contributed by atoms with Gasteiger partial charge in [-0.3, -0.25) is 4.68 Å². The Morgan fingerprint density at radius 2 is 2.00 bits per heavy atom. The summed E-state index contributed by atoms with van der Waals surface area (Å²) < 4.78 is 13.6. The van der Waals surface area contributed by atoms with E-state index in [0.29, 0.717) is 22.3 Å². The van der Waals surface area contributed by atoms with E-state index in [9.17, 15) is 4.79 Å². The van der Waals surface area contributed by atoms with Gasteiger partial charge in [-0.1, -0.05) is 11.6 Å². The number of hydrogen-bond donors (Lipinski definition) is 0. The number of fused-ring (bicyclic) bond motifs is 1. The second-order valence-corrected chi connectivity index (χ2v) is 6.84. The summed E-state index contributed by atoms with van der Waals surface area (Å²) in [6.07, 6.45) is 4.29. The first kappa shape index (κ1) is 17.2. The van der Waals surface area contributed by atoms with Crippen LogP contribution in [0.15, 0.2) is 18.6 Å². The summed E-state index contributed by atoms with van der Waals surface area (Å²) in [4.78, 5) is 16.6. The fourth-order valence-corrected chi connectivity index (χ4v) is 2.65. The van der Waals surface area contributed by atoms with E-state index in [2.05, 4.69) is 15.2 Å². The predicted octanol–water partition coefficient (Wildman–Crippen LogP) is 3.28. The smallest absolute Gasteiger partial charge is 0.435 e. The number of rotatable bonds is 2. The second-order valence-electron chi connectivity index (χ2n) is 6.49. The molecule has 0 aliphatic carbocycles. The molecule has 0 amide bonds. The zero-order valence-corrected chi connectivity index (χ0v) is 15.3. The van der Waals surface area contributed by atoms with Crippen molar-refractivity contribution in [3.05, 3.63) is 23.7 Å². The summed E-state index contributed by atoms with van der Waals surface area (Å²) in [6, 6.07) is 0. The first-order valence-electron chi connectivity index (χ1n) is 7.55. The first-order chi connectivity index (χ1) is 11.7. The van der Waals surface area contributed by atoms with Gasteiger partial charge in [-0.25, -0.2) is 9.78 Å². The van der Waals surface area contributed by atoms with Gasteiger partial charge in [-0.05, 0) is 20.8 Å². The number of carbonyl (C=O) groups excluding carboxylic acids is 1. The maximum Gasteiger partial charge on any atom is 0.435 e. The van der Waals surface area contributed by atoms with Gasteiger partial charge in [-0.15, -0.1) is 0 Å². The third kappa shape index (κ3) is 3.17. The normalized spacial score (nSPS) is 11.8. The lowest BCUT2D eigenvalue weighted by atomic mass is 10.1. The molecule has 0 N–H and O–H groups in total. The van der Waals surface area contributed by atoms with Gasteiger partial charge in [-0.2, -0.15) is 14.9 Å². The molecule has 0 unspecified atom stereocenters. The zero-order chi connectivity index (χ0) is 18.4. The van der Waals surface area contributed by atoms with E-state index < -0.39 is 11.7 Å². The quantitative estimate of drug-likeness (QED) is 0.650. The van der Waals surface area contributed by atoms with E-state index in [1.54, 1.807) is 44.9 Å². The molecule has 8 nitrogen and oxygen atoms in total. The third-order valence-corrected chi connectivity index (χ3v) is 3.65. The predicted molar refractivity (Wildman–Crippen MR) is 92.9 cm³/mol. The van der Waals surface area contributed by atoms with Gasteiger partial charge in [0.05, 0.1) is 24.9 Å². The molecule has 0 aromatic carbocycles. The van der Waals surface area contributed by atoms with Crippen LogP contribution in [0.25, 0.3) is 22.2 Å². The molecule has 0 saturated heterocycles. The lowest BCUT2D eigenvalue weighted by Gasteiger charge is -2.19. The Bertz CT molecular complexity index is 955. The Hall–Kier alpha value is -2.61. The van der Waals surface area contributed by atoms with Crippen LogP contribution in [0.2, 0.25) is 5.15 Å². The Morgan fingerprint density at radius 1 is 1.28 bits per heavy atom. The van der Waals surface area contributed by atoms with Crippen molar-refractivity contribution in [3.63, 3.8) is 0 Å². The molecular weight excluding hydrogens is 346 g/mol. The lowest BCUT2D eigenvalue weighted by Crippen LogP contribution is -2.27. The van der Waals surface area contributed by atoms with Gasteiger partial charge >= 0.3 is 6.09 Å². The van der Waals surface area contributed by atoms with Crippen LogP contribution in [0.5, 0.6) is 5.75 Å². The molecular formula is C16H18ClN5O3. The average molecular weight is 364 g/mol. The summed E-state index contributed by atoms with van der Waals surface area (Å²) in [5.41, 5.74) is 1.01. The molecule has 0 aliphatic heterocycles. The van der Waals surface area contributed by atoms with E-state index >= 15 is 0 Å². The number of nitrogens with zero attached hydrogens (tertiary/aromatic N) is 5. The van der Waals surface area contributed by atoms with E-state index in [1.807, 2.05) is 0 Å². The number of aromatic nitrogens is 5. The molecule has 0 bridgehead atoms. The van der Waals surface area contributed by atoms with Gasteiger partial charge in [0.25, 0.3) is 0 Å². The monoisotopic (exact) mass is 363 g/mol. The number of halogens is 1. The number of pyridine rings is 1. The summed E-state index contributed by atoms with van der Waals surface area (Å²) in [5, 5.41) is 9.32. The van der Waals surface area contributed by atoms with Crippen LogP contribution in [0.1, 0.15) is 20.8 Å². The molecule has 0 atom stereocenters. The van der Waals surface area contributed by atoms with Crippen molar-refractivity contribution >= 4 is 28.6 Å². The average Bonchev–Trinajstić information content (AvgIpc) is 3.09. The summed E-state index contributed by atoms with van der Waals surface area (Å²) in [5.74, 6) is 0.341. The molecule has 3 heterocycles. The molecule has 25 heavy (non-hydrogen) atoms. The van der Waals surface area contributed by atoms with Crippen molar-refractivity contribution in [2.75, 3.05) is 7.11 Å². The maximum absolute atomic E-state index is 12.6. The third-order valence-electron chi connectivity index (χ3n) is 3.38. The maximum atomic E-state index is 12.6. The fourth-order valence-electron chi connectivity index (χ4n) is 2.43. The highest BCUT2D eigenvalue weighted by atomic mass is 35.5. The van der Waals surface area contributed by atoms with Crippen molar-refractivity contribution in [2.24, 2.45) is 7.05 Å². The van der Waals surface area contributed by atoms with Crippen LogP contribution in [-0.4, -0.2) is 43.3 Å². The number of aryl methyl sites for hydroxylation is 1. The largest absolute Gasteiger partial charge is 0.493 e. The number of ether oxygens (including phenoxy) is 2. The van der Waals surface area contributed by atoms with Crippen LogP contribution in [-0.2, 0) is 11.8 Å². The van der Waals surface area contributed by atoms with Crippen LogP contribution in [0.3, 0.4) is 0 Å². The van der Waals surface area contributed by atoms with Crippen molar-refractivity contribution in [1.29, 1.82) is 0 Å². The van der Waals surface area contributed by atoms with Crippen molar-refractivity contribution in [3.8, 4) is 17.0 Å². The molecule has 3 aromatic rings. The molecule has 0 fully saturated rings. The second kappa shape index (κ2) is 6.03. The summed E-state index contributed by atoms with van der Waals surface area (Å²) in [6.45, 7) is 5.36. The minimum absolute atomic E-state index is 0.184. The minimum Gasteiger partial charge on any atom is -0.493 e. The molecule has 0 aliphatic rings. The Kier molecular flexibility index (Phi) is 4.16. The first-order valence-corrected chi connectivity index (χ1v) is 7.92. The molecule has 9 heteroatoms. The van der Waals surface area contributed by atoms with Gasteiger partial charge < -0.3 is 9.47 Å². The van der Waals surface area contributed by atoms with Gasteiger partial charge in [0.2, 0.25) is 0 Å². The number of hydrogen-bond acceptors (Lipinski definition) is 6. The summed E-state index contributed by atoms with van der Waals surface area (Å²) in [7, 11) is 3.28. The molecule has 3 rings (SSSR count). The molecule has 0 radical (unpaired) electrons. The zero-order valence-electron chi connectivity index (χ0n) is 14.6. The topological polar surface area (TPSA) is 84.1 Å². The fraction of sp³-hybridized carbons (Fsp3) is 0.375. The van der Waals surface area contributed by atoms with Gasteiger partial charge in [0, 0.05) is 18.8 Å². The highest BCUT2D eigenvalue weighted by molar-refractivity contribution is 6.32. The lowest BCUT2D eigenvalue weighted by molar-refractivity contribution is 0.0523. The molecule has 132 valence electrons. The Morgan fingerprint density at radius 3 is 2.56 bits per heavy atom. The van der Waals surface area contributed by atoms with Crippen LogP contribution in [0.4, 0.5) is 4.79 Å². The Balaban J connectivity index is 2.28. The minimum atomic E-state index is -0.659. The van der Waals surface area contributed by atoms with E-state index in [1.165, 1.54) is 13.3 Å². The van der Waals surface area contributed by atoms with Crippen molar-refractivity contribution in [2.45, 2.75) is 26.4 Å². The van der Waals surface area contributed by atoms with Gasteiger partial charge in [0.1, 0.15) is 16.8 Å². The summed E-state index contributed by atoms with van der Waals surface area (Å²) >= 11 is 6.15. The SMILES string of the molecule is COc1c(Cl)ncc2c1c(-c1cnn(C)c1)nn2C(=O)OC(C)(C)C. The van der Waals surface area contributed by atoms with Crippen LogP contribution >= 0.6 is 11.6 Å². The van der Waals surface area contributed by atoms with Crippen LogP contribution in [0, 0.1) is 0 Å². The highest BCUT2D eigenvalue weighted by Gasteiger charge is 2.26. The molecule has 0 spiro atoms. The van der Waals surface area contributed by atoms with Crippen molar-refractivity contribution < 1.29 is 14.3 Å².